The van der Waals surface area contributed by atoms with Crippen molar-refractivity contribution in [2.45, 2.75) is 52.1 Å². The van der Waals surface area contributed by atoms with Crippen molar-refractivity contribution in [1.82, 2.24) is 14.9 Å². The number of hydrogen-bond donors (Lipinski definition) is 1. The number of nitrogens with one attached hydrogen (secondary N) is 1. The Morgan fingerprint density at radius 1 is 1.30 bits per heavy atom. The van der Waals surface area contributed by atoms with Gasteiger partial charge in [-0.3, -0.25) is 0 Å². The van der Waals surface area contributed by atoms with Crippen LogP contribution in [0.4, 0.5) is 0 Å². The van der Waals surface area contributed by atoms with Gasteiger partial charge in [0, 0.05) is 19.0 Å². The Morgan fingerprint density at radius 2 is 2.10 bits per heavy atom. The highest BCUT2D eigenvalue weighted by molar-refractivity contribution is 5.75. The molecule has 0 bridgehead atoms. The first-order chi connectivity index (χ1) is 9.83. The molecule has 0 spiro atoms. The average Bonchev–Trinajstić information content (AvgIpc) is 2.74. The molecule has 1 aromatic heterocycles. The molecule has 1 saturated carbocycles. The first-order valence-corrected chi connectivity index (χ1v) is 8.01. The van der Waals surface area contributed by atoms with Crippen molar-refractivity contribution in [1.29, 1.82) is 0 Å². The van der Waals surface area contributed by atoms with Crippen molar-refractivity contribution in [3.63, 3.8) is 0 Å². The van der Waals surface area contributed by atoms with Crippen LogP contribution in [0.5, 0.6) is 0 Å². The van der Waals surface area contributed by atoms with E-state index >= 15 is 0 Å². The second-order valence-electron chi connectivity index (χ2n) is 5.82. The number of fused-ring (bicyclic) bond motifs is 1. The van der Waals surface area contributed by atoms with E-state index in [1.807, 2.05) is 0 Å². The molecule has 20 heavy (non-hydrogen) atoms. The van der Waals surface area contributed by atoms with Crippen LogP contribution in [-0.2, 0) is 13.0 Å². The monoisotopic (exact) mass is 271 g/mol. The van der Waals surface area contributed by atoms with Crippen LogP contribution >= 0.6 is 0 Å². The summed E-state index contributed by atoms with van der Waals surface area (Å²) in [5.74, 6) is 2.09. The van der Waals surface area contributed by atoms with Gasteiger partial charge in [0.15, 0.2) is 0 Å². The van der Waals surface area contributed by atoms with E-state index in [4.69, 9.17) is 4.98 Å². The van der Waals surface area contributed by atoms with Crippen LogP contribution in [0.2, 0.25) is 0 Å². The lowest BCUT2D eigenvalue weighted by Crippen LogP contribution is -2.41. The zero-order valence-corrected chi connectivity index (χ0v) is 12.6. The van der Waals surface area contributed by atoms with Crippen LogP contribution in [0.15, 0.2) is 24.3 Å². The van der Waals surface area contributed by atoms with E-state index < -0.39 is 0 Å². The molecule has 1 heterocycles. The summed E-state index contributed by atoms with van der Waals surface area (Å²) in [6.07, 6.45) is 5.21. The summed E-state index contributed by atoms with van der Waals surface area (Å²) in [5, 5.41) is 3.68. The third kappa shape index (κ3) is 2.47. The van der Waals surface area contributed by atoms with Crippen LogP contribution < -0.4 is 5.32 Å². The Bertz CT molecular complexity index is 569. The SMILES string of the molecule is CCNC(Cc1nc2ccccc2n1CC)C1CCC1. The predicted octanol–water partition coefficient (Wildman–Crippen LogP) is 3.38. The number of aryl methyl sites for hydroxylation is 1. The molecule has 0 aliphatic heterocycles. The number of para-hydroxylation sites is 2. The molecule has 0 radical (unpaired) electrons. The fourth-order valence-electron chi connectivity index (χ4n) is 3.34. The quantitative estimate of drug-likeness (QED) is 0.873. The van der Waals surface area contributed by atoms with Crippen LogP contribution in [0.1, 0.15) is 38.9 Å². The first kappa shape index (κ1) is 13.6. The summed E-state index contributed by atoms with van der Waals surface area (Å²) in [4.78, 5) is 4.87. The number of nitrogens with zero attached hydrogens (tertiary/aromatic N) is 2. The third-order valence-corrected chi connectivity index (χ3v) is 4.64. The summed E-state index contributed by atoms with van der Waals surface area (Å²) in [6.45, 7) is 6.46. The van der Waals surface area contributed by atoms with Gasteiger partial charge in [-0.25, -0.2) is 4.98 Å². The van der Waals surface area contributed by atoms with Crippen molar-refractivity contribution < 1.29 is 0 Å². The Kier molecular flexibility index (Phi) is 4.06. The maximum absolute atomic E-state index is 4.87. The molecule has 1 aliphatic carbocycles. The van der Waals surface area contributed by atoms with Crippen LogP contribution in [0, 0.1) is 5.92 Å². The van der Waals surface area contributed by atoms with Crippen molar-refractivity contribution in [3.8, 4) is 0 Å². The minimum atomic E-state index is 0.593. The Hall–Kier alpha value is -1.35. The Balaban J connectivity index is 1.88. The molecule has 3 rings (SSSR count). The zero-order chi connectivity index (χ0) is 13.9. The number of imidazole rings is 1. The summed E-state index contributed by atoms with van der Waals surface area (Å²) >= 11 is 0. The summed E-state index contributed by atoms with van der Waals surface area (Å²) in [6, 6.07) is 9.08. The molecule has 2 aromatic rings. The van der Waals surface area contributed by atoms with Gasteiger partial charge in [0.2, 0.25) is 0 Å². The standard InChI is InChI=1S/C17H25N3/c1-3-18-15(13-8-7-9-13)12-17-19-14-10-5-6-11-16(14)20(17)4-2/h5-6,10-11,13,15,18H,3-4,7-9,12H2,1-2H3. The molecule has 1 aliphatic rings. The first-order valence-electron chi connectivity index (χ1n) is 8.01. The summed E-state index contributed by atoms with van der Waals surface area (Å²) in [5.41, 5.74) is 2.40. The molecule has 1 unspecified atom stereocenters. The number of benzene rings is 1. The minimum Gasteiger partial charge on any atom is -0.328 e. The number of aromatic nitrogens is 2. The van der Waals surface area contributed by atoms with Crippen molar-refractivity contribution >= 4 is 11.0 Å². The molecule has 0 saturated heterocycles. The van der Waals surface area contributed by atoms with Gasteiger partial charge < -0.3 is 9.88 Å². The zero-order valence-electron chi connectivity index (χ0n) is 12.6. The predicted molar refractivity (Wildman–Crippen MR) is 83.9 cm³/mol. The highest BCUT2D eigenvalue weighted by atomic mass is 15.1. The molecule has 1 atom stereocenters. The van der Waals surface area contributed by atoms with Gasteiger partial charge in [-0.15, -0.1) is 0 Å². The van der Waals surface area contributed by atoms with E-state index in [0.717, 1.165) is 30.9 Å². The van der Waals surface area contributed by atoms with Gasteiger partial charge in [-0.05, 0) is 44.4 Å². The molecule has 3 nitrogen and oxygen atoms in total. The van der Waals surface area contributed by atoms with Gasteiger partial charge in [0.25, 0.3) is 0 Å². The molecule has 3 heteroatoms. The fourth-order valence-corrected chi connectivity index (χ4v) is 3.34. The van der Waals surface area contributed by atoms with E-state index in [1.165, 1.54) is 30.6 Å². The molecular formula is C17H25N3. The average molecular weight is 271 g/mol. The smallest absolute Gasteiger partial charge is 0.111 e. The number of likely N-dealkylation sites (N-methyl/N-ethyl adjacent to an activating group) is 1. The fraction of sp³-hybridized carbons (Fsp3) is 0.588. The van der Waals surface area contributed by atoms with E-state index in [2.05, 4.69) is 48.0 Å². The summed E-state index contributed by atoms with van der Waals surface area (Å²) < 4.78 is 2.37. The maximum atomic E-state index is 4.87. The lowest BCUT2D eigenvalue weighted by Gasteiger charge is -2.34. The Morgan fingerprint density at radius 3 is 2.75 bits per heavy atom. The molecule has 1 aromatic carbocycles. The Labute approximate surface area is 121 Å². The maximum Gasteiger partial charge on any atom is 0.111 e. The van der Waals surface area contributed by atoms with E-state index in [0.29, 0.717) is 6.04 Å². The van der Waals surface area contributed by atoms with Gasteiger partial charge in [-0.2, -0.15) is 0 Å². The van der Waals surface area contributed by atoms with Crippen LogP contribution in [0.3, 0.4) is 0 Å². The van der Waals surface area contributed by atoms with Crippen LogP contribution in [-0.4, -0.2) is 22.1 Å². The van der Waals surface area contributed by atoms with Crippen molar-refractivity contribution in [2.75, 3.05) is 6.54 Å². The normalized spacial score (nSPS) is 17.3. The molecule has 1 fully saturated rings. The second-order valence-corrected chi connectivity index (χ2v) is 5.82. The minimum absolute atomic E-state index is 0.593. The number of hydrogen-bond acceptors (Lipinski definition) is 2. The lowest BCUT2D eigenvalue weighted by atomic mass is 9.78. The van der Waals surface area contributed by atoms with Crippen molar-refractivity contribution in [3.05, 3.63) is 30.1 Å². The molecule has 1 N–H and O–H groups in total. The second kappa shape index (κ2) is 5.96. The van der Waals surface area contributed by atoms with E-state index in [9.17, 15) is 0 Å². The molecule has 0 amide bonds. The topological polar surface area (TPSA) is 29.9 Å². The van der Waals surface area contributed by atoms with Gasteiger partial charge in [0.1, 0.15) is 5.82 Å². The van der Waals surface area contributed by atoms with Crippen LogP contribution in [0.25, 0.3) is 11.0 Å². The highest BCUT2D eigenvalue weighted by Gasteiger charge is 2.28. The highest BCUT2D eigenvalue weighted by Crippen LogP contribution is 2.31. The third-order valence-electron chi connectivity index (χ3n) is 4.64. The molecule has 108 valence electrons. The lowest BCUT2D eigenvalue weighted by molar-refractivity contribution is 0.226. The summed E-state index contributed by atoms with van der Waals surface area (Å²) in [7, 11) is 0. The largest absolute Gasteiger partial charge is 0.328 e. The van der Waals surface area contributed by atoms with E-state index in [-0.39, 0.29) is 0 Å². The van der Waals surface area contributed by atoms with Gasteiger partial charge in [-0.1, -0.05) is 25.5 Å². The van der Waals surface area contributed by atoms with E-state index in [1.54, 1.807) is 0 Å². The van der Waals surface area contributed by atoms with Crippen molar-refractivity contribution in [2.24, 2.45) is 5.92 Å². The van der Waals surface area contributed by atoms with Gasteiger partial charge in [0.05, 0.1) is 11.0 Å². The van der Waals surface area contributed by atoms with Gasteiger partial charge >= 0.3 is 0 Å². The number of rotatable bonds is 6. The molecular weight excluding hydrogens is 246 g/mol.